The van der Waals surface area contributed by atoms with Gasteiger partial charge in [0.15, 0.2) is 17.5 Å². The molecule has 1 N–H and O–H groups in total. The van der Waals surface area contributed by atoms with E-state index in [9.17, 15) is 17.6 Å². The van der Waals surface area contributed by atoms with Crippen LogP contribution in [0.2, 0.25) is 0 Å². The van der Waals surface area contributed by atoms with Gasteiger partial charge in [-0.3, -0.25) is 0 Å². The SMILES string of the molecule is COc1ccc(F)c(CNc2ccc(S(=O)(=O)N(C(=O)OC(C)(C)C)c3cscn3)c(F)c2F)c1CN(C)C. The molecule has 0 radical (unpaired) electrons. The molecule has 0 bridgehead atoms. The molecule has 9 nitrogen and oxygen atoms in total. The fourth-order valence-corrected chi connectivity index (χ4v) is 5.51. The minimum Gasteiger partial charge on any atom is -0.496 e. The Kier molecular flexibility index (Phi) is 9.13. The number of anilines is 2. The molecule has 3 aromatic rings. The summed E-state index contributed by atoms with van der Waals surface area (Å²) < 4.78 is 82.6. The largest absolute Gasteiger partial charge is 0.496 e. The number of aromatic nitrogens is 1. The Bertz CT molecular complexity index is 1440. The lowest BCUT2D eigenvalue weighted by molar-refractivity contribution is 0.0608. The number of carbonyl (C=O) groups is 1. The standard InChI is InChI=1S/C25H29F3N4O5S2/c1-25(2,3)37-24(33)32(21-13-38-14-30-21)39(34,35)20-10-8-18(22(27)23(20)28)29-11-15-16(12-31(4)5)19(36-6)9-7-17(15)26/h7-10,13-14,29H,11-12H2,1-6H3. The molecular weight excluding hydrogens is 557 g/mol. The highest BCUT2D eigenvalue weighted by atomic mass is 32.2. The molecule has 0 saturated heterocycles. The Labute approximate surface area is 229 Å². The van der Waals surface area contributed by atoms with Crippen LogP contribution in [0, 0.1) is 17.5 Å². The molecule has 39 heavy (non-hydrogen) atoms. The lowest BCUT2D eigenvalue weighted by Crippen LogP contribution is -2.41. The highest BCUT2D eigenvalue weighted by Gasteiger charge is 2.38. The molecule has 0 aliphatic rings. The van der Waals surface area contributed by atoms with Gasteiger partial charge in [0, 0.05) is 29.6 Å². The van der Waals surface area contributed by atoms with Crippen molar-refractivity contribution >= 4 is 39.0 Å². The second-order valence-electron chi connectivity index (χ2n) is 9.63. The number of halogens is 3. The third-order valence-electron chi connectivity index (χ3n) is 5.23. The van der Waals surface area contributed by atoms with Gasteiger partial charge in [-0.25, -0.2) is 31.4 Å². The molecule has 0 aliphatic carbocycles. The van der Waals surface area contributed by atoms with Gasteiger partial charge in [-0.1, -0.05) is 0 Å². The van der Waals surface area contributed by atoms with Gasteiger partial charge in [-0.05, 0) is 59.1 Å². The van der Waals surface area contributed by atoms with Gasteiger partial charge in [0.05, 0.1) is 18.3 Å². The van der Waals surface area contributed by atoms with E-state index < -0.39 is 49.8 Å². The lowest BCUT2D eigenvalue weighted by atomic mass is 10.0. The van der Waals surface area contributed by atoms with Crippen LogP contribution in [-0.2, 0) is 27.8 Å². The third-order valence-corrected chi connectivity index (χ3v) is 7.49. The van der Waals surface area contributed by atoms with Crippen molar-refractivity contribution in [1.82, 2.24) is 9.88 Å². The predicted molar refractivity (Wildman–Crippen MR) is 142 cm³/mol. The minimum atomic E-state index is -4.99. The number of sulfonamides is 1. The number of thiazole rings is 1. The maximum atomic E-state index is 15.2. The Hall–Kier alpha value is -3.36. The van der Waals surface area contributed by atoms with Gasteiger partial charge in [0.2, 0.25) is 0 Å². The summed E-state index contributed by atoms with van der Waals surface area (Å²) in [5, 5.41) is 3.87. The predicted octanol–water partition coefficient (Wildman–Crippen LogP) is 5.37. The van der Waals surface area contributed by atoms with Gasteiger partial charge >= 0.3 is 6.09 Å². The van der Waals surface area contributed by atoms with Crippen LogP contribution in [0.3, 0.4) is 0 Å². The van der Waals surface area contributed by atoms with Crippen LogP contribution in [0.1, 0.15) is 31.9 Å². The summed E-state index contributed by atoms with van der Waals surface area (Å²) in [6.07, 6.45) is -1.34. The summed E-state index contributed by atoms with van der Waals surface area (Å²) in [4.78, 5) is 17.3. The zero-order chi connectivity index (χ0) is 29.1. The summed E-state index contributed by atoms with van der Waals surface area (Å²) in [5.41, 5.74) is 0.445. The van der Waals surface area contributed by atoms with Gasteiger partial charge < -0.3 is 19.7 Å². The number of carbonyl (C=O) groups excluding carboxylic acids is 1. The van der Waals surface area contributed by atoms with Gasteiger partial charge in [0.25, 0.3) is 10.0 Å². The van der Waals surface area contributed by atoms with Crippen molar-refractivity contribution in [1.29, 1.82) is 0 Å². The zero-order valence-corrected chi connectivity index (χ0v) is 23.8. The fraction of sp³-hybridized carbons (Fsp3) is 0.360. The molecule has 3 rings (SSSR count). The van der Waals surface area contributed by atoms with E-state index in [1.54, 1.807) is 19.0 Å². The maximum absolute atomic E-state index is 15.2. The monoisotopic (exact) mass is 586 g/mol. The second kappa shape index (κ2) is 11.8. The van der Waals surface area contributed by atoms with E-state index in [4.69, 9.17) is 9.47 Å². The van der Waals surface area contributed by atoms with E-state index in [0.29, 0.717) is 17.9 Å². The first kappa shape index (κ1) is 30.2. The minimum absolute atomic E-state index is 0.166. The van der Waals surface area contributed by atoms with Crippen molar-refractivity contribution < 1.29 is 35.9 Å². The Morgan fingerprint density at radius 2 is 1.77 bits per heavy atom. The van der Waals surface area contributed by atoms with Crippen LogP contribution in [0.4, 0.5) is 29.5 Å². The Balaban J connectivity index is 1.98. The van der Waals surface area contributed by atoms with Crippen LogP contribution in [0.25, 0.3) is 0 Å². The number of methoxy groups -OCH3 is 1. The number of nitrogens with one attached hydrogen (secondary N) is 1. The zero-order valence-electron chi connectivity index (χ0n) is 22.2. The van der Waals surface area contributed by atoms with E-state index >= 15 is 8.78 Å². The summed E-state index contributed by atoms with van der Waals surface area (Å²) in [6, 6.07) is 4.47. The smallest absolute Gasteiger partial charge is 0.430 e. The average Bonchev–Trinajstić information content (AvgIpc) is 3.33. The number of amides is 1. The van der Waals surface area contributed by atoms with Gasteiger partial charge in [-0.15, -0.1) is 15.6 Å². The van der Waals surface area contributed by atoms with Crippen LogP contribution in [0.15, 0.2) is 40.1 Å². The number of nitrogens with zero attached hydrogens (tertiary/aromatic N) is 3. The van der Waals surface area contributed by atoms with E-state index in [1.807, 2.05) is 0 Å². The molecule has 0 atom stereocenters. The number of benzene rings is 2. The highest BCUT2D eigenvalue weighted by molar-refractivity contribution is 7.93. The number of ether oxygens (including phenoxy) is 2. The van der Waals surface area contributed by atoms with Crippen LogP contribution < -0.4 is 14.4 Å². The normalized spacial score (nSPS) is 11.9. The van der Waals surface area contributed by atoms with Gasteiger partial charge in [0.1, 0.15) is 22.1 Å². The quantitative estimate of drug-likeness (QED) is 0.357. The summed E-state index contributed by atoms with van der Waals surface area (Å²) in [7, 11) is 0.00347. The van der Waals surface area contributed by atoms with Crippen LogP contribution >= 0.6 is 11.3 Å². The van der Waals surface area contributed by atoms with Crippen molar-refractivity contribution in [3.05, 3.63) is 63.7 Å². The Morgan fingerprint density at radius 1 is 1.08 bits per heavy atom. The van der Waals surface area contributed by atoms with Crippen molar-refractivity contribution in [3.63, 3.8) is 0 Å². The molecule has 0 aliphatic heterocycles. The molecule has 1 heterocycles. The highest BCUT2D eigenvalue weighted by Crippen LogP contribution is 2.32. The molecular formula is C25H29F3N4O5S2. The lowest BCUT2D eigenvalue weighted by Gasteiger charge is -2.26. The molecule has 1 aromatic heterocycles. The van der Waals surface area contributed by atoms with Crippen molar-refractivity contribution in [2.75, 3.05) is 30.8 Å². The van der Waals surface area contributed by atoms with E-state index in [2.05, 4.69) is 10.3 Å². The number of rotatable bonds is 9. The first-order valence-electron chi connectivity index (χ1n) is 11.5. The summed E-state index contributed by atoms with van der Waals surface area (Å²) in [5.74, 6) is -3.77. The van der Waals surface area contributed by atoms with Crippen LogP contribution in [0.5, 0.6) is 5.75 Å². The van der Waals surface area contributed by atoms with Crippen molar-refractivity contribution in [3.8, 4) is 5.75 Å². The molecule has 1 amide bonds. The van der Waals surface area contributed by atoms with Gasteiger partial charge in [-0.2, -0.15) is 0 Å². The second-order valence-corrected chi connectivity index (χ2v) is 12.1. The topological polar surface area (TPSA) is 101 Å². The Morgan fingerprint density at radius 3 is 2.33 bits per heavy atom. The molecule has 212 valence electrons. The average molecular weight is 587 g/mol. The van der Waals surface area contributed by atoms with Crippen LogP contribution in [-0.4, -0.2) is 51.2 Å². The van der Waals surface area contributed by atoms with E-state index in [0.717, 1.165) is 23.5 Å². The third kappa shape index (κ3) is 6.81. The molecule has 2 aromatic carbocycles. The first-order valence-corrected chi connectivity index (χ1v) is 13.9. The molecule has 14 heteroatoms. The molecule has 0 unspecified atom stereocenters. The number of hydrogen-bond donors (Lipinski definition) is 1. The van der Waals surface area contributed by atoms with E-state index in [1.165, 1.54) is 50.9 Å². The molecule has 0 fully saturated rings. The molecule has 0 spiro atoms. The first-order chi connectivity index (χ1) is 18.2. The van der Waals surface area contributed by atoms with Crippen molar-refractivity contribution in [2.45, 2.75) is 44.4 Å². The maximum Gasteiger partial charge on any atom is 0.430 e. The number of hydrogen-bond acceptors (Lipinski definition) is 9. The summed E-state index contributed by atoms with van der Waals surface area (Å²) in [6.45, 7) is 4.62. The van der Waals surface area contributed by atoms with E-state index in [-0.39, 0.29) is 22.2 Å². The summed E-state index contributed by atoms with van der Waals surface area (Å²) >= 11 is 0.992. The van der Waals surface area contributed by atoms with Crippen molar-refractivity contribution in [2.24, 2.45) is 0 Å². The molecule has 0 saturated carbocycles. The fourth-order valence-electron chi connectivity index (χ4n) is 3.59.